The van der Waals surface area contributed by atoms with Crippen LogP contribution in [0.5, 0.6) is 0 Å². The minimum atomic E-state index is 0.648. The van der Waals surface area contributed by atoms with E-state index in [1.54, 1.807) is 0 Å². The lowest BCUT2D eigenvalue weighted by molar-refractivity contribution is 1.07. The van der Waals surface area contributed by atoms with Crippen molar-refractivity contribution in [1.82, 2.24) is 29.9 Å². The molecule has 0 N–H and O–H groups in total. The van der Waals surface area contributed by atoms with Gasteiger partial charge in [-0.05, 0) is 205 Å². The number of pyridine rings is 1. The predicted octanol–water partition coefficient (Wildman–Crippen LogP) is 38.0. The predicted molar refractivity (Wildman–Crippen MR) is 617 cm³/mol. The Hall–Kier alpha value is -18.7. The molecule has 0 unspecified atom stereocenters. The molecule has 0 saturated heterocycles. The van der Waals surface area contributed by atoms with Gasteiger partial charge in [-0.3, -0.25) is 0 Å². The molecular weight excluding hydrogens is 1810 g/mol. The van der Waals surface area contributed by atoms with Gasteiger partial charge in [-0.15, -0.1) is 22.7 Å². The molecule has 27 rings (SSSR count). The van der Waals surface area contributed by atoms with Crippen LogP contribution < -0.4 is 0 Å². The molecule has 0 bridgehead atoms. The molecule has 22 aromatic carbocycles. The second-order valence-corrected chi connectivity index (χ2v) is 38.7. The maximum Gasteiger partial charge on any atom is 0.164 e. The van der Waals surface area contributed by atoms with E-state index < -0.39 is 0 Å². The molecule has 8 heteroatoms. The topological polar surface area (TPSA) is 77.3 Å². The van der Waals surface area contributed by atoms with Crippen molar-refractivity contribution in [1.29, 1.82) is 0 Å². The number of aromatic nitrogens is 6. The van der Waals surface area contributed by atoms with Gasteiger partial charge in [0, 0.05) is 84.9 Å². The van der Waals surface area contributed by atoms with Crippen LogP contribution in [-0.2, 0) is 0 Å². The quantitative estimate of drug-likeness (QED) is 0.0846. The van der Waals surface area contributed by atoms with Crippen molar-refractivity contribution < 1.29 is 0 Å². The molecule has 684 valence electrons. The Kier molecular flexibility index (Phi) is 24.2. The maximum absolute atomic E-state index is 5.07. The zero-order chi connectivity index (χ0) is 97.0. The number of rotatable bonds is 17. The zero-order valence-electron chi connectivity index (χ0n) is 79.5. The van der Waals surface area contributed by atoms with E-state index in [0.29, 0.717) is 17.5 Å². The molecule has 0 saturated carbocycles. The molecular formula is C138H90N6S2. The summed E-state index contributed by atoms with van der Waals surface area (Å²) in [6.07, 6.45) is 0. The van der Waals surface area contributed by atoms with Gasteiger partial charge in [0.15, 0.2) is 23.3 Å². The van der Waals surface area contributed by atoms with E-state index >= 15 is 0 Å². The SMILES string of the molecule is c1ccc(-c2cc(-c3cccc(-c4ccc(-c5cccc(-c6cccc7c6sc6ccccc67)c5)cc4)c3)cc(-c3ccccc3)n2)cc1.c1ccc(-c2cc(-c3cccc(-c4ccc(-c5cccc(-c6cccc7c6sc6ccccc67)c5)cc4)c3)nc(-c3ccccc3)n2)cc1.c1ccc(-c2nc(-c3ccccc3)nc(-c3cccc(-c4cccc(-c5ccc6c7ccccc7c7ccccc7c6c5)c4)c3)n2)cc1. The van der Waals surface area contributed by atoms with Gasteiger partial charge in [0.1, 0.15) is 0 Å². The molecule has 146 heavy (non-hydrogen) atoms. The van der Waals surface area contributed by atoms with Gasteiger partial charge in [-0.2, -0.15) is 0 Å². The van der Waals surface area contributed by atoms with Gasteiger partial charge < -0.3 is 0 Å². The van der Waals surface area contributed by atoms with Gasteiger partial charge in [0.2, 0.25) is 0 Å². The number of hydrogen-bond donors (Lipinski definition) is 0. The van der Waals surface area contributed by atoms with E-state index in [1.807, 2.05) is 132 Å². The third kappa shape index (κ3) is 18.2. The largest absolute Gasteiger partial charge is 0.248 e. The van der Waals surface area contributed by atoms with Gasteiger partial charge in [-0.25, -0.2) is 29.9 Å². The monoisotopic (exact) mass is 1890 g/mol. The van der Waals surface area contributed by atoms with Crippen molar-refractivity contribution in [2.75, 3.05) is 0 Å². The minimum absolute atomic E-state index is 0.648. The molecule has 6 nitrogen and oxygen atoms in total. The summed E-state index contributed by atoms with van der Waals surface area (Å²) in [7, 11) is 0. The summed E-state index contributed by atoms with van der Waals surface area (Å²) in [5.41, 5.74) is 33.4. The number of hydrogen-bond acceptors (Lipinski definition) is 8. The molecule has 27 aromatic rings. The average Bonchev–Trinajstić information content (AvgIpc) is 1.00. The van der Waals surface area contributed by atoms with Crippen LogP contribution >= 0.6 is 22.7 Å². The fourth-order valence-corrected chi connectivity index (χ4v) is 22.6. The van der Waals surface area contributed by atoms with Crippen LogP contribution in [0.3, 0.4) is 0 Å². The highest BCUT2D eigenvalue weighted by atomic mass is 32.1. The van der Waals surface area contributed by atoms with Crippen LogP contribution in [0.25, 0.3) is 263 Å². The third-order valence-corrected chi connectivity index (χ3v) is 29.9. The summed E-state index contributed by atoms with van der Waals surface area (Å²) in [6, 6.07) is 194. The zero-order valence-corrected chi connectivity index (χ0v) is 81.1. The van der Waals surface area contributed by atoms with Gasteiger partial charge in [0.25, 0.3) is 0 Å². The minimum Gasteiger partial charge on any atom is -0.248 e. The van der Waals surface area contributed by atoms with Crippen molar-refractivity contribution in [2.24, 2.45) is 0 Å². The average molecular weight is 1900 g/mol. The molecule has 0 amide bonds. The Morgan fingerprint density at radius 3 is 0.733 bits per heavy atom. The van der Waals surface area contributed by atoms with Crippen molar-refractivity contribution in [3.63, 3.8) is 0 Å². The first-order valence-corrected chi connectivity index (χ1v) is 50.9. The van der Waals surface area contributed by atoms with E-state index in [1.165, 1.54) is 145 Å². The van der Waals surface area contributed by atoms with Crippen LogP contribution in [0.2, 0.25) is 0 Å². The van der Waals surface area contributed by atoms with Gasteiger partial charge >= 0.3 is 0 Å². The number of thiophene rings is 2. The van der Waals surface area contributed by atoms with Crippen LogP contribution in [0.4, 0.5) is 0 Å². The Morgan fingerprint density at radius 1 is 0.110 bits per heavy atom. The Morgan fingerprint density at radius 2 is 0.342 bits per heavy atom. The van der Waals surface area contributed by atoms with Crippen molar-refractivity contribution in [2.45, 2.75) is 0 Å². The fourth-order valence-electron chi connectivity index (χ4n) is 20.1. The molecule has 0 atom stereocenters. The molecule has 5 heterocycles. The van der Waals surface area contributed by atoms with Crippen LogP contribution in [0.15, 0.2) is 546 Å². The van der Waals surface area contributed by atoms with E-state index in [-0.39, 0.29) is 0 Å². The Balaban J connectivity index is 0.000000114. The first-order chi connectivity index (χ1) is 72.3. The van der Waals surface area contributed by atoms with Crippen LogP contribution in [0.1, 0.15) is 0 Å². The number of fused-ring (bicyclic) bond motifs is 12. The van der Waals surface area contributed by atoms with E-state index in [2.05, 4.69) is 437 Å². The summed E-state index contributed by atoms with van der Waals surface area (Å²) in [4.78, 5) is 29.8. The summed E-state index contributed by atoms with van der Waals surface area (Å²) < 4.78 is 5.34. The summed E-state index contributed by atoms with van der Waals surface area (Å²) in [6.45, 7) is 0. The summed E-state index contributed by atoms with van der Waals surface area (Å²) in [5, 5.41) is 13.0. The first kappa shape index (κ1) is 88.7. The maximum atomic E-state index is 5.07. The Labute approximate surface area is 855 Å². The lowest BCUT2D eigenvalue weighted by Crippen LogP contribution is -2.00. The van der Waals surface area contributed by atoms with E-state index in [9.17, 15) is 0 Å². The lowest BCUT2D eigenvalue weighted by Gasteiger charge is -2.13. The number of nitrogens with zero attached hydrogens (tertiary/aromatic N) is 6. The fraction of sp³-hybridized carbons (Fsp3) is 0. The standard InChI is InChI=1S/C47H31NS.C46H30N2S.C45H29N3/c1-3-12-34(13-4-1)44-30-40(31-45(48-44)35-14-5-2-6-15-35)38-18-9-16-36(28-38)32-24-26-33(27-25-32)37-17-10-19-39(29-37)41-21-11-22-43-42-20-7-8-23-46(42)49-47(41)43;1-3-12-33(13-4-1)42-30-43(48-46(47-42)34-14-5-2-6-15-34)38-19-10-17-36(29-38)32-26-24-31(25-27-32)35-16-9-18-37(28-35)39-21-11-22-41-40-20-7-8-23-44(40)49-45(39)41;1-3-13-30(14-4-1)43-46-44(31-15-5-2-6-16-31)48-45(47-43)36-20-12-19-34(28-36)32-17-11-18-33(27-32)35-25-26-41-39-23-8-7-21-37(39)38-22-9-10-24-40(38)42(41)29-35/h1-31H;1-30H;1-29H. The van der Waals surface area contributed by atoms with Crippen molar-refractivity contribution in [3.05, 3.63) is 546 Å². The first-order valence-electron chi connectivity index (χ1n) is 49.3. The van der Waals surface area contributed by atoms with E-state index in [4.69, 9.17) is 29.9 Å². The van der Waals surface area contributed by atoms with Gasteiger partial charge in [0.05, 0.1) is 22.8 Å². The third-order valence-electron chi connectivity index (χ3n) is 27.5. The highest BCUT2D eigenvalue weighted by Crippen LogP contribution is 2.46. The van der Waals surface area contributed by atoms with Crippen molar-refractivity contribution in [3.8, 4) is 191 Å². The molecule has 0 radical (unpaired) electrons. The number of benzene rings is 22. The van der Waals surface area contributed by atoms with Crippen LogP contribution in [0, 0.1) is 0 Å². The molecule has 0 aliphatic carbocycles. The Bertz CT molecular complexity index is 8950. The smallest absolute Gasteiger partial charge is 0.164 e. The van der Waals surface area contributed by atoms with E-state index in [0.717, 1.165) is 101 Å². The highest BCUT2D eigenvalue weighted by molar-refractivity contribution is 7.26. The van der Waals surface area contributed by atoms with Crippen molar-refractivity contribution >= 4 is 95.3 Å². The highest BCUT2D eigenvalue weighted by Gasteiger charge is 2.21. The summed E-state index contributed by atoms with van der Waals surface area (Å²) >= 11 is 3.75. The van der Waals surface area contributed by atoms with Gasteiger partial charge in [-0.1, -0.05) is 473 Å². The molecule has 5 aromatic heterocycles. The van der Waals surface area contributed by atoms with Crippen LogP contribution in [-0.4, -0.2) is 29.9 Å². The molecule has 0 fully saturated rings. The second kappa shape index (κ2) is 39.8. The lowest BCUT2D eigenvalue weighted by atomic mass is 9.91. The molecule has 0 spiro atoms. The summed E-state index contributed by atoms with van der Waals surface area (Å²) in [5.74, 6) is 2.68. The molecule has 0 aliphatic rings. The molecule has 0 aliphatic heterocycles. The second-order valence-electron chi connectivity index (χ2n) is 36.6. The normalized spacial score (nSPS) is 11.3.